The van der Waals surface area contributed by atoms with Crippen LogP contribution < -0.4 is 4.74 Å². The van der Waals surface area contributed by atoms with Gasteiger partial charge >= 0.3 is 21.1 Å². The van der Waals surface area contributed by atoms with Crippen molar-refractivity contribution in [3.63, 3.8) is 0 Å². The van der Waals surface area contributed by atoms with Crippen molar-refractivity contribution in [1.29, 1.82) is 0 Å². The van der Waals surface area contributed by atoms with Crippen molar-refractivity contribution >= 4 is 43.4 Å². The maximum atomic E-state index is 6.39. The van der Waals surface area contributed by atoms with Crippen molar-refractivity contribution in [2.45, 2.75) is 54.4 Å². The van der Waals surface area contributed by atoms with E-state index in [1.165, 1.54) is 0 Å². The molecule has 0 bridgehead atoms. The normalized spacial score (nSPS) is 12.0. The first-order valence-electron chi connectivity index (χ1n) is 17.6. The van der Waals surface area contributed by atoms with E-state index in [2.05, 4.69) is 114 Å². The fourth-order valence-corrected chi connectivity index (χ4v) is 6.94. The smallest absolute Gasteiger partial charge is 0.497 e. The molecule has 0 atom stereocenters. The predicted molar refractivity (Wildman–Crippen MR) is 209 cm³/mol. The summed E-state index contributed by atoms with van der Waals surface area (Å²) in [6, 6.07) is 40.0. The van der Waals surface area contributed by atoms with Crippen LogP contribution in [0.3, 0.4) is 0 Å². The number of nitrogens with zero attached hydrogens (tertiary/aromatic N) is 4. The van der Waals surface area contributed by atoms with Crippen LogP contribution in [0.1, 0.15) is 52.9 Å². The molecule has 8 rings (SSSR count). The molecule has 4 heterocycles. The van der Waals surface area contributed by atoms with Gasteiger partial charge in [0.1, 0.15) is 0 Å². The fourth-order valence-electron chi connectivity index (χ4n) is 6.94. The third-order valence-electron chi connectivity index (χ3n) is 9.03. The van der Waals surface area contributed by atoms with Crippen LogP contribution in [0.5, 0.6) is 11.5 Å². The molecule has 4 aromatic carbocycles. The number of ether oxygens (including phenoxy) is 1. The summed E-state index contributed by atoms with van der Waals surface area (Å²) < 4.78 is 6.39. The van der Waals surface area contributed by atoms with Crippen molar-refractivity contribution in [2.75, 3.05) is 0 Å². The third-order valence-corrected chi connectivity index (χ3v) is 9.03. The average Bonchev–Trinajstić information content (AvgIpc) is 3.09. The van der Waals surface area contributed by atoms with Crippen molar-refractivity contribution in [2.24, 2.45) is 10.8 Å². The van der Waals surface area contributed by atoms with Gasteiger partial charge in [-0.3, -0.25) is 9.97 Å². The zero-order valence-electron chi connectivity index (χ0n) is 30.3. The molecule has 0 saturated heterocycles. The second kappa shape index (κ2) is 13.9. The zero-order valence-corrected chi connectivity index (χ0v) is 32.6. The quantitative estimate of drug-likeness (QED) is 0.123. The van der Waals surface area contributed by atoms with Gasteiger partial charge in [0, 0.05) is 46.1 Å². The van der Waals surface area contributed by atoms with Gasteiger partial charge in [-0.2, -0.15) is 0 Å². The molecular formula is C46H40N4OPt. The molecule has 0 fully saturated rings. The Morgan fingerprint density at radius 2 is 0.904 bits per heavy atom. The van der Waals surface area contributed by atoms with Gasteiger partial charge in [-0.1, -0.05) is 77.9 Å². The van der Waals surface area contributed by atoms with Crippen molar-refractivity contribution in [3.05, 3.63) is 133 Å². The molecule has 4 aromatic heterocycles. The molecular weight excluding hydrogens is 820 g/mol. The molecule has 0 amide bonds. The van der Waals surface area contributed by atoms with Crippen LogP contribution in [0, 0.1) is 23.0 Å². The molecule has 0 spiro atoms. The Hall–Kier alpha value is -4.99. The molecule has 52 heavy (non-hydrogen) atoms. The van der Waals surface area contributed by atoms with Crippen molar-refractivity contribution in [1.82, 2.24) is 19.9 Å². The number of aromatic nitrogens is 4. The molecule has 0 aliphatic rings. The average molecular weight is 860 g/mol. The van der Waals surface area contributed by atoms with Gasteiger partial charge in [0.15, 0.2) is 0 Å². The first-order chi connectivity index (χ1) is 24.5. The van der Waals surface area contributed by atoms with Gasteiger partial charge in [-0.05, 0) is 93.0 Å². The topological polar surface area (TPSA) is 60.8 Å². The fraction of sp³-hybridized carbons (Fsp3) is 0.217. The van der Waals surface area contributed by atoms with Crippen LogP contribution in [0.2, 0.25) is 0 Å². The van der Waals surface area contributed by atoms with Gasteiger partial charge in [-0.25, -0.2) is 0 Å². The SMILES string of the molecule is CC(C)(C)Cc1ccc2c(ccc3c(-c4[c-]c(Oc5[c-]c(-c6nccc7c6ccc6nc(CC(C)(C)C)ccc67)ccc5)ccc4)nccc32)n1.[Pt+2]. The summed E-state index contributed by atoms with van der Waals surface area (Å²) in [5, 5.41) is 6.56. The number of rotatable bonds is 6. The number of pyridine rings is 4. The Balaban J connectivity index is 0.00000420. The minimum absolute atomic E-state index is 0. The minimum Gasteiger partial charge on any atom is -0.497 e. The Morgan fingerprint density at radius 3 is 1.33 bits per heavy atom. The molecule has 260 valence electrons. The Morgan fingerprint density at radius 1 is 0.481 bits per heavy atom. The molecule has 6 heteroatoms. The standard InChI is InChI=1S/C46H40N4O.Pt/c1-45(2,3)27-31-13-15-37-35-21-23-47-43(39(35)17-19-41(37)49-31)29-9-7-11-33(25-29)51-34-12-8-10-30(26-34)44-40-18-20-42-38(36(40)22-24-48-44)16-14-32(50-42)28-46(4,5)6;/h7-24H,27-28H2,1-6H3;/q-2;+2. The van der Waals surface area contributed by atoms with E-state index in [1.807, 2.05) is 48.8 Å². The van der Waals surface area contributed by atoms with E-state index in [4.69, 9.17) is 24.7 Å². The van der Waals surface area contributed by atoms with Crippen LogP contribution in [0.25, 0.3) is 65.9 Å². The summed E-state index contributed by atoms with van der Waals surface area (Å²) in [5.74, 6) is 1.17. The molecule has 8 aromatic rings. The maximum Gasteiger partial charge on any atom is 2.00 e. The van der Waals surface area contributed by atoms with Crippen LogP contribution in [-0.4, -0.2) is 19.9 Å². The first-order valence-corrected chi connectivity index (χ1v) is 17.6. The van der Waals surface area contributed by atoms with Gasteiger partial charge in [0.05, 0.1) is 11.0 Å². The summed E-state index contributed by atoms with van der Waals surface area (Å²) in [7, 11) is 0. The second-order valence-electron chi connectivity index (χ2n) is 15.8. The zero-order chi connectivity index (χ0) is 35.3. The third kappa shape index (κ3) is 7.34. The van der Waals surface area contributed by atoms with E-state index in [0.29, 0.717) is 11.5 Å². The first kappa shape index (κ1) is 35.4. The van der Waals surface area contributed by atoms with Gasteiger partial charge < -0.3 is 14.7 Å². The number of fused-ring (bicyclic) bond motifs is 6. The summed E-state index contributed by atoms with van der Waals surface area (Å²) in [6.07, 6.45) is 5.58. The molecule has 0 aliphatic carbocycles. The van der Waals surface area contributed by atoms with Crippen molar-refractivity contribution < 1.29 is 25.8 Å². The summed E-state index contributed by atoms with van der Waals surface area (Å²) in [4.78, 5) is 19.6. The summed E-state index contributed by atoms with van der Waals surface area (Å²) in [5.41, 5.74) is 7.96. The van der Waals surface area contributed by atoms with Crippen LogP contribution in [0.15, 0.2) is 109 Å². The molecule has 0 N–H and O–H groups in total. The Labute approximate surface area is 319 Å². The Bertz CT molecular complexity index is 2420. The van der Waals surface area contributed by atoms with E-state index < -0.39 is 0 Å². The van der Waals surface area contributed by atoms with Gasteiger partial charge in [-0.15, -0.1) is 47.5 Å². The van der Waals surface area contributed by atoms with Crippen LogP contribution in [-0.2, 0) is 33.9 Å². The maximum absolute atomic E-state index is 6.39. The van der Waals surface area contributed by atoms with E-state index >= 15 is 0 Å². The Kier molecular flexibility index (Phi) is 9.44. The summed E-state index contributed by atoms with van der Waals surface area (Å²) >= 11 is 0. The van der Waals surface area contributed by atoms with E-state index in [-0.39, 0.29) is 31.9 Å². The molecule has 0 unspecified atom stereocenters. The molecule has 5 nitrogen and oxygen atoms in total. The summed E-state index contributed by atoms with van der Waals surface area (Å²) in [6.45, 7) is 13.4. The van der Waals surface area contributed by atoms with Crippen molar-refractivity contribution in [3.8, 4) is 34.0 Å². The molecule has 0 aliphatic heterocycles. The molecule has 0 radical (unpaired) electrons. The predicted octanol–water partition coefficient (Wildman–Crippen LogP) is 11.8. The van der Waals surface area contributed by atoms with Crippen LogP contribution in [0.4, 0.5) is 0 Å². The van der Waals surface area contributed by atoms with Gasteiger partial charge in [0.25, 0.3) is 0 Å². The largest absolute Gasteiger partial charge is 2.00 e. The van der Waals surface area contributed by atoms with E-state index in [0.717, 1.165) is 90.1 Å². The van der Waals surface area contributed by atoms with E-state index in [9.17, 15) is 0 Å². The minimum atomic E-state index is 0. The molecule has 0 saturated carbocycles. The number of hydrogen-bond donors (Lipinski definition) is 0. The number of benzene rings is 4. The number of hydrogen-bond acceptors (Lipinski definition) is 5. The monoisotopic (exact) mass is 859 g/mol. The van der Waals surface area contributed by atoms with Crippen LogP contribution >= 0.6 is 0 Å². The van der Waals surface area contributed by atoms with E-state index in [1.54, 1.807) is 0 Å². The van der Waals surface area contributed by atoms with Gasteiger partial charge in [0.2, 0.25) is 0 Å². The second-order valence-corrected chi connectivity index (χ2v) is 15.8.